The third-order valence-corrected chi connectivity index (χ3v) is 5.43. The number of aromatic nitrogens is 2. The van der Waals surface area contributed by atoms with Crippen molar-refractivity contribution in [2.75, 3.05) is 31.5 Å². The minimum absolute atomic E-state index is 0.0118. The molecule has 0 unspecified atom stereocenters. The molecule has 0 saturated carbocycles. The Morgan fingerprint density at radius 2 is 1.81 bits per heavy atom. The number of imidazole rings is 1. The first-order valence-corrected chi connectivity index (χ1v) is 10.7. The van der Waals surface area contributed by atoms with Crippen LogP contribution in [0, 0.1) is 0 Å². The summed E-state index contributed by atoms with van der Waals surface area (Å²) in [5.74, 6) is -0.0118. The Balaban J connectivity index is 1.12. The van der Waals surface area contributed by atoms with Crippen molar-refractivity contribution in [3.05, 3.63) is 66.6 Å². The van der Waals surface area contributed by atoms with Crippen molar-refractivity contribution in [3.63, 3.8) is 0 Å². The zero-order valence-electron chi connectivity index (χ0n) is 17.5. The molecule has 1 fully saturated rings. The van der Waals surface area contributed by atoms with Crippen LogP contribution in [0.15, 0.2) is 60.9 Å². The van der Waals surface area contributed by atoms with Gasteiger partial charge < -0.3 is 20.4 Å². The summed E-state index contributed by atoms with van der Waals surface area (Å²) in [6.07, 6.45) is 6.29. The fourth-order valence-electron chi connectivity index (χ4n) is 3.81. The molecule has 1 aliphatic heterocycles. The number of urea groups is 1. The van der Waals surface area contributed by atoms with Crippen molar-refractivity contribution in [2.24, 2.45) is 0 Å². The summed E-state index contributed by atoms with van der Waals surface area (Å²) in [6, 6.07) is 15.3. The number of carbonyl (C=O) groups is 2. The van der Waals surface area contributed by atoms with E-state index < -0.39 is 0 Å². The molecule has 8 heteroatoms. The topological polar surface area (TPSA) is 90.8 Å². The lowest BCUT2D eigenvalue weighted by molar-refractivity contribution is -0.117. The normalized spacial score (nSPS) is 15.0. The highest BCUT2D eigenvalue weighted by molar-refractivity contribution is 5.92. The number of pyridine rings is 1. The maximum atomic E-state index is 12.2. The van der Waals surface area contributed by atoms with E-state index in [0.29, 0.717) is 19.5 Å². The molecule has 3 aromatic rings. The molecule has 0 spiro atoms. The van der Waals surface area contributed by atoms with Crippen molar-refractivity contribution in [1.82, 2.24) is 24.9 Å². The number of carbonyl (C=O) groups excluding carboxylic acids is 2. The molecule has 4 rings (SSSR count). The molecule has 1 saturated heterocycles. The van der Waals surface area contributed by atoms with Gasteiger partial charge in [0.2, 0.25) is 5.91 Å². The zero-order chi connectivity index (χ0) is 21.5. The quantitative estimate of drug-likeness (QED) is 0.547. The van der Waals surface area contributed by atoms with Gasteiger partial charge in [0.25, 0.3) is 0 Å². The first kappa shape index (κ1) is 20.9. The highest BCUT2D eigenvalue weighted by atomic mass is 16.2. The van der Waals surface area contributed by atoms with E-state index in [9.17, 15) is 9.59 Å². The van der Waals surface area contributed by atoms with Crippen LogP contribution in [0.25, 0.3) is 5.65 Å². The highest BCUT2D eigenvalue weighted by Crippen LogP contribution is 2.11. The third-order valence-electron chi connectivity index (χ3n) is 5.43. The van der Waals surface area contributed by atoms with Gasteiger partial charge in [-0.3, -0.25) is 9.69 Å². The smallest absolute Gasteiger partial charge is 0.315 e. The predicted octanol–water partition coefficient (Wildman–Crippen LogP) is 2.28. The van der Waals surface area contributed by atoms with E-state index in [-0.39, 0.29) is 18.0 Å². The number of piperidine rings is 1. The van der Waals surface area contributed by atoms with Crippen LogP contribution in [0.3, 0.4) is 0 Å². The van der Waals surface area contributed by atoms with Crippen LogP contribution in [0.5, 0.6) is 0 Å². The number of hydrogen-bond donors (Lipinski definition) is 3. The van der Waals surface area contributed by atoms with Gasteiger partial charge in [0, 0.05) is 50.2 Å². The second kappa shape index (κ2) is 10.1. The second-order valence-electron chi connectivity index (χ2n) is 7.81. The van der Waals surface area contributed by atoms with E-state index in [0.717, 1.165) is 43.0 Å². The number of likely N-dealkylation sites (tertiary alicyclic amines) is 1. The fraction of sp³-hybridized carbons (Fsp3) is 0.348. The molecule has 162 valence electrons. The highest BCUT2D eigenvalue weighted by Gasteiger charge is 2.22. The van der Waals surface area contributed by atoms with E-state index in [1.165, 1.54) is 0 Å². The van der Waals surface area contributed by atoms with Gasteiger partial charge in [0.05, 0.1) is 12.2 Å². The van der Waals surface area contributed by atoms with Gasteiger partial charge in [-0.1, -0.05) is 24.3 Å². The second-order valence-corrected chi connectivity index (χ2v) is 7.81. The van der Waals surface area contributed by atoms with Gasteiger partial charge in [0.1, 0.15) is 5.65 Å². The summed E-state index contributed by atoms with van der Waals surface area (Å²) in [5.41, 5.74) is 2.67. The van der Waals surface area contributed by atoms with Crippen molar-refractivity contribution in [3.8, 4) is 0 Å². The number of para-hydroxylation sites is 1. The molecule has 2 aromatic heterocycles. The number of hydrogen-bond acceptors (Lipinski definition) is 4. The van der Waals surface area contributed by atoms with Gasteiger partial charge in [-0.25, -0.2) is 9.78 Å². The lowest BCUT2D eigenvalue weighted by Crippen LogP contribution is -2.49. The molecular formula is C23H28N6O2. The Bertz CT molecular complexity index is 978. The van der Waals surface area contributed by atoms with Crippen molar-refractivity contribution in [2.45, 2.75) is 25.3 Å². The van der Waals surface area contributed by atoms with Crippen LogP contribution < -0.4 is 16.0 Å². The lowest BCUT2D eigenvalue weighted by Gasteiger charge is -2.31. The Morgan fingerprint density at radius 1 is 1.03 bits per heavy atom. The van der Waals surface area contributed by atoms with Gasteiger partial charge in [-0.2, -0.15) is 0 Å². The van der Waals surface area contributed by atoms with Gasteiger partial charge in [0.15, 0.2) is 0 Å². The average Bonchev–Trinajstić information content (AvgIpc) is 3.18. The van der Waals surface area contributed by atoms with Gasteiger partial charge in [-0.15, -0.1) is 0 Å². The Labute approximate surface area is 181 Å². The number of amides is 3. The monoisotopic (exact) mass is 420 g/mol. The molecule has 3 N–H and O–H groups in total. The maximum Gasteiger partial charge on any atom is 0.315 e. The van der Waals surface area contributed by atoms with Crippen LogP contribution in [-0.4, -0.2) is 58.4 Å². The lowest BCUT2D eigenvalue weighted by atomic mass is 10.1. The van der Waals surface area contributed by atoms with E-state index in [2.05, 4.69) is 25.8 Å². The largest absolute Gasteiger partial charge is 0.338 e. The Morgan fingerprint density at radius 3 is 2.58 bits per heavy atom. The molecule has 8 nitrogen and oxygen atoms in total. The summed E-state index contributed by atoms with van der Waals surface area (Å²) < 4.78 is 1.98. The zero-order valence-corrected chi connectivity index (χ0v) is 17.5. The molecule has 3 amide bonds. The maximum absolute atomic E-state index is 12.2. The van der Waals surface area contributed by atoms with E-state index in [1.807, 2.05) is 65.3 Å². The van der Waals surface area contributed by atoms with Crippen molar-refractivity contribution in [1.29, 1.82) is 0 Å². The summed E-state index contributed by atoms with van der Waals surface area (Å²) in [5, 5.41) is 8.87. The minimum atomic E-state index is -0.149. The number of benzene rings is 1. The number of nitrogens with zero attached hydrogens (tertiary/aromatic N) is 3. The molecular weight excluding hydrogens is 392 g/mol. The van der Waals surface area contributed by atoms with Crippen LogP contribution in [-0.2, 0) is 11.2 Å². The Kier molecular flexibility index (Phi) is 6.78. The molecule has 0 radical (unpaired) electrons. The van der Waals surface area contributed by atoms with E-state index in [4.69, 9.17) is 0 Å². The number of rotatable bonds is 7. The molecule has 3 heterocycles. The predicted molar refractivity (Wildman–Crippen MR) is 120 cm³/mol. The van der Waals surface area contributed by atoms with E-state index in [1.54, 1.807) is 0 Å². The van der Waals surface area contributed by atoms with Crippen LogP contribution in [0.4, 0.5) is 10.5 Å². The average molecular weight is 421 g/mol. The Hall–Kier alpha value is -3.39. The van der Waals surface area contributed by atoms with Crippen molar-refractivity contribution >= 4 is 23.3 Å². The SMILES string of the molecule is O=C(CN1CCC(NC(=O)NCCc2cn3ccccc3n2)CC1)Nc1ccccc1. The summed E-state index contributed by atoms with van der Waals surface area (Å²) in [4.78, 5) is 31.1. The van der Waals surface area contributed by atoms with Crippen molar-refractivity contribution < 1.29 is 9.59 Å². The van der Waals surface area contributed by atoms with E-state index >= 15 is 0 Å². The summed E-state index contributed by atoms with van der Waals surface area (Å²) >= 11 is 0. The minimum Gasteiger partial charge on any atom is -0.338 e. The van der Waals surface area contributed by atoms with Crippen LogP contribution in [0.1, 0.15) is 18.5 Å². The first-order valence-electron chi connectivity index (χ1n) is 10.7. The first-order chi connectivity index (χ1) is 15.2. The van der Waals surface area contributed by atoms with Gasteiger partial charge >= 0.3 is 6.03 Å². The molecule has 1 aliphatic rings. The standard InChI is InChI=1S/C23H28N6O2/c30-22(26-18-6-2-1-3-7-18)17-28-14-10-19(11-15-28)27-23(31)24-12-9-20-16-29-13-5-4-8-21(29)25-20/h1-8,13,16,19H,9-12,14-15,17H2,(H,26,30)(H2,24,27,31). The molecule has 1 aromatic carbocycles. The van der Waals surface area contributed by atoms with Gasteiger partial charge in [-0.05, 0) is 37.1 Å². The molecule has 0 atom stereocenters. The molecule has 0 aliphatic carbocycles. The summed E-state index contributed by atoms with van der Waals surface area (Å²) in [6.45, 7) is 2.48. The molecule has 0 bridgehead atoms. The van der Waals surface area contributed by atoms with Crippen LogP contribution >= 0.6 is 0 Å². The summed E-state index contributed by atoms with van der Waals surface area (Å²) in [7, 11) is 0. The fourth-order valence-corrected chi connectivity index (χ4v) is 3.81. The van der Waals surface area contributed by atoms with Crippen LogP contribution in [0.2, 0.25) is 0 Å². The molecule has 31 heavy (non-hydrogen) atoms. The number of nitrogens with one attached hydrogen (secondary N) is 3. The number of anilines is 1. The third kappa shape index (κ3) is 6.05. The number of fused-ring (bicyclic) bond motifs is 1.